The standard InChI is InChI=1S/C21H24N4O2S/c1-15-5-3-6-16(13-15)19(26)23-21(28)22-18-8-4-7-17(14-18)20(27)25-11-9-24(2)10-12-25/h3-8,13-14H,9-12H2,1-2H3,(H2,22,23,26,28). The van der Waals surface area contributed by atoms with Crippen LogP contribution in [-0.2, 0) is 0 Å². The first-order chi connectivity index (χ1) is 13.4. The molecule has 1 heterocycles. The molecule has 3 rings (SSSR count). The molecule has 2 aromatic rings. The molecule has 0 saturated carbocycles. The van der Waals surface area contributed by atoms with Crippen LogP contribution in [0.4, 0.5) is 5.69 Å². The van der Waals surface area contributed by atoms with Crippen LogP contribution in [0.25, 0.3) is 0 Å². The van der Waals surface area contributed by atoms with E-state index in [0.29, 0.717) is 16.8 Å². The molecule has 2 amide bonds. The van der Waals surface area contributed by atoms with Crippen molar-refractivity contribution in [3.63, 3.8) is 0 Å². The number of hydrogen-bond acceptors (Lipinski definition) is 4. The number of rotatable bonds is 3. The third-order valence-electron chi connectivity index (χ3n) is 4.67. The van der Waals surface area contributed by atoms with E-state index < -0.39 is 0 Å². The Balaban J connectivity index is 1.61. The van der Waals surface area contributed by atoms with E-state index in [4.69, 9.17) is 12.2 Å². The lowest BCUT2D eigenvalue weighted by molar-refractivity contribution is 0.0664. The molecule has 6 nitrogen and oxygen atoms in total. The zero-order chi connectivity index (χ0) is 20.1. The van der Waals surface area contributed by atoms with Crippen LogP contribution in [0.2, 0.25) is 0 Å². The monoisotopic (exact) mass is 396 g/mol. The minimum atomic E-state index is -0.272. The molecule has 7 heteroatoms. The van der Waals surface area contributed by atoms with Crippen LogP contribution >= 0.6 is 12.2 Å². The smallest absolute Gasteiger partial charge is 0.257 e. The van der Waals surface area contributed by atoms with Gasteiger partial charge in [-0.25, -0.2) is 0 Å². The second kappa shape index (κ2) is 8.95. The van der Waals surface area contributed by atoms with E-state index in [2.05, 4.69) is 22.6 Å². The van der Waals surface area contributed by atoms with E-state index in [9.17, 15) is 9.59 Å². The first kappa shape index (κ1) is 20.0. The van der Waals surface area contributed by atoms with Gasteiger partial charge < -0.3 is 15.1 Å². The van der Waals surface area contributed by atoms with E-state index in [1.807, 2.05) is 30.0 Å². The fraction of sp³-hybridized carbons (Fsp3) is 0.286. The predicted molar refractivity (Wildman–Crippen MR) is 115 cm³/mol. The van der Waals surface area contributed by atoms with Gasteiger partial charge in [0.15, 0.2) is 5.11 Å². The Morgan fingerprint density at radius 2 is 1.64 bits per heavy atom. The number of nitrogens with one attached hydrogen (secondary N) is 2. The quantitative estimate of drug-likeness (QED) is 0.781. The van der Waals surface area contributed by atoms with Gasteiger partial charge in [0.1, 0.15) is 0 Å². The van der Waals surface area contributed by atoms with Crippen molar-refractivity contribution in [3.05, 3.63) is 65.2 Å². The predicted octanol–water partition coefficient (Wildman–Crippen LogP) is 2.51. The fourth-order valence-electron chi connectivity index (χ4n) is 3.05. The number of likely N-dealkylation sites (N-methyl/N-ethyl adjacent to an activating group) is 1. The van der Waals surface area contributed by atoms with E-state index in [0.717, 1.165) is 31.7 Å². The summed E-state index contributed by atoms with van der Waals surface area (Å²) in [5.41, 5.74) is 2.81. The van der Waals surface area contributed by atoms with E-state index in [1.165, 1.54) is 0 Å². The fourth-order valence-corrected chi connectivity index (χ4v) is 3.26. The van der Waals surface area contributed by atoms with Crippen LogP contribution in [-0.4, -0.2) is 60.0 Å². The highest BCUT2D eigenvalue weighted by Crippen LogP contribution is 2.14. The molecule has 0 aromatic heterocycles. The molecule has 0 unspecified atom stereocenters. The summed E-state index contributed by atoms with van der Waals surface area (Å²) in [6.45, 7) is 5.11. The second-order valence-corrected chi connectivity index (χ2v) is 7.36. The highest BCUT2D eigenvalue weighted by molar-refractivity contribution is 7.80. The van der Waals surface area contributed by atoms with Crippen LogP contribution in [0.1, 0.15) is 26.3 Å². The summed E-state index contributed by atoms with van der Waals surface area (Å²) in [7, 11) is 2.05. The van der Waals surface area contributed by atoms with Crippen LogP contribution in [0, 0.1) is 6.92 Å². The van der Waals surface area contributed by atoms with Crippen LogP contribution in [0.15, 0.2) is 48.5 Å². The lowest BCUT2D eigenvalue weighted by atomic mass is 10.1. The molecule has 0 atom stereocenters. The van der Waals surface area contributed by atoms with Gasteiger partial charge in [0.2, 0.25) is 0 Å². The van der Waals surface area contributed by atoms with Gasteiger partial charge in [-0.05, 0) is 56.5 Å². The summed E-state index contributed by atoms with van der Waals surface area (Å²) < 4.78 is 0. The largest absolute Gasteiger partial charge is 0.336 e. The summed E-state index contributed by atoms with van der Waals surface area (Å²) in [5.74, 6) is -0.266. The Morgan fingerprint density at radius 3 is 2.36 bits per heavy atom. The average molecular weight is 397 g/mol. The number of thiocarbonyl (C=S) groups is 1. The molecule has 2 aromatic carbocycles. The number of amides is 2. The normalized spacial score (nSPS) is 14.4. The maximum Gasteiger partial charge on any atom is 0.257 e. The molecule has 0 aliphatic carbocycles. The van der Waals surface area contributed by atoms with Crippen molar-refractivity contribution in [1.29, 1.82) is 0 Å². The Bertz CT molecular complexity index is 891. The summed E-state index contributed by atoms with van der Waals surface area (Å²) >= 11 is 5.25. The third-order valence-corrected chi connectivity index (χ3v) is 4.87. The van der Waals surface area contributed by atoms with E-state index in [1.54, 1.807) is 30.3 Å². The van der Waals surface area contributed by atoms with Crippen molar-refractivity contribution >= 4 is 34.8 Å². The number of carbonyl (C=O) groups excluding carboxylic acids is 2. The Kier molecular flexibility index (Phi) is 6.38. The van der Waals surface area contributed by atoms with Crippen molar-refractivity contribution in [2.75, 3.05) is 38.5 Å². The number of benzene rings is 2. The van der Waals surface area contributed by atoms with Gasteiger partial charge in [0, 0.05) is 43.0 Å². The molecule has 28 heavy (non-hydrogen) atoms. The van der Waals surface area contributed by atoms with Gasteiger partial charge in [-0.3, -0.25) is 14.9 Å². The molecule has 2 N–H and O–H groups in total. The minimum absolute atomic E-state index is 0.00599. The molecule has 0 radical (unpaired) electrons. The van der Waals surface area contributed by atoms with Crippen molar-refractivity contribution in [2.24, 2.45) is 0 Å². The lowest BCUT2D eigenvalue weighted by Gasteiger charge is -2.32. The Hall–Kier alpha value is -2.77. The number of hydrogen-bond donors (Lipinski definition) is 2. The number of piperazine rings is 1. The number of aryl methyl sites for hydroxylation is 1. The molecule has 0 spiro atoms. The first-order valence-corrected chi connectivity index (χ1v) is 9.60. The molecule has 1 saturated heterocycles. The summed E-state index contributed by atoms with van der Waals surface area (Å²) in [4.78, 5) is 29.1. The first-order valence-electron chi connectivity index (χ1n) is 9.19. The van der Waals surface area contributed by atoms with Crippen molar-refractivity contribution < 1.29 is 9.59 Å². The topological polar surface area (TPSA) is 64.7 Å². The molecule has 0 bridgehead atoms. The lowest BCUT2D eigenvalue weighted by Crippen LogP contribution is -2.47. The van der Waals surface area contributed by atoms with Gasteiger partial charge in [0.05, 0.1) is 0 Å². The zero-order valence-corrected chi connectivity index (χ0v) is 16.9. The number of anilines is 1. The maximum atomic E-state index is 12.7. The highest BCUT2D eigenvalue weighted by atomic mass is 32.1. The highest BCUT2D eigenvalue weighted by Gasteiger charge is 2.20. The van der Waals surface area contributed by atoms with Crippen LogP contribution in [0.5, 0.6) is 0 Å². The summed E-state index contributed by atoms with van der Waals surface area (Å²) in [6.07, 6.45) is 0. The van der Waals surface area contributed by atoms with Gasteiger partial charge >= 0.3 is 0 Å². The Labute approximate surface area is 170 Å². The summed E-state index contributed by atoms with van der Waals surface area (Å²) in [5, 5.41) is 5.84. The van der Waals surface area contributed by atoms with Gasteiger partial charge in [-0.2, -0.15) is 0 Å². The van der Waals surface area contributed by atoms with Gasteiger partial charge in [0.25, 0.3) is 11.8 Å². The van der Waals surface area contributed by atoms with Crippen LogP contribution < -0.4 is 10.6 Å². The minimum Gasteiger partial charge on any atom is -0.336 e. The molecule has 146 valence electrons. The maximum absolute atomic E-state index is 12.7. The van der Waals surface area contributed by atoms with Crippen molar-refractivity contribution in [2.45, 2.75) is 6.92 Å². The van der Waals surface area contributed by atoms with E-state index in [-0.39, 0.29) is 16.9 Å². The molecule has 1 aliphatic heterocycles. The SMILES string of the molecule is Cc1cccc(C(=O)NC(=S)Nc2cccc(C(=O)N3CCN(C)CC3)c2)c1. The number of carbonyl (C=O) groups is 2. The third kappa shape index (κ3) is 5.15. The van der Waals surface area contributed by atoms with Crippen molar-refractivity contribution in [3.8, 4) is 0 Å². The Morgan fingerprint density at radius 1 is 0.964 bits per heavy atom. The zero-order valence-electron chi connectivity index (χ0n) is 16.1. The van der Waals surface area contributed by atoms with Crippen molar-refractivity contribution in [1.82, 2.24) is 15.1 Å². The summed E-state index contributed by atoms with van der Waals surface area (Å²) in [6, 6.07) is 14.5. The molecule has 1 fully saturated rings. The average Bonchev–Trinajstić information content (AvgIpc) is 2.68. The van der Waals surface area contributed by atoms with Crippen LogP contribution in [0.3, 0.4) is 0 Å². The van der Waals surface area contributed by atoms with E-state index >= 15 is 0 Å². The van der Waals surface area contributed by atoms with Gasteiger partial charge in [-0.15, -0.1) is 0 Å². The number of nitrogens with zero attached hydrogens (tertiary/aromatic N) is 2. The second-order valence-electron chi connectivity index (χ2n) is 6.95. The molecular weight excluding hydrogens is 372 g/mol. The van der Waals surface area contributed by atoms with Gasteiger partial charge in [-0.1, -0.05) is 23.8 Å². The molecule has 1 aliphatic rings. The molecular formula is C21H24N4O2S.